The number of amides is 4. The Bertz CT molecular complexity index is 1690. The van der Waals surface area contributed by atoms with Crippen LogP contribution in [0.5, 0.6) is 0 Å². The second kappa shape index (κ2) is 16.2. The summed E-state index contributed by atoms with van der Waals surface area (Å²) < 4.78 is 10.1. The number of nitrogens with one attached hydrogen (secondary N) is 5. The second-order valence-electron chi connectivity index (χ2n) is 12.3. The number of hydrogen-bond donors (Lipinski definition) is 5. The number of aromatic nitrogens is 2. The molecule has 1 fully saturated rings. The molecule has 5 rings (SSSR count). The van der Waals surface area contributed by atoms with Crippen molar-refractivity contribution in [3.8, 4) is 11.1 Å². The van der Waals surface area contributed by atoms with Gasteiger partial charge in [0.1, 0.15) is 24.6 Å². The smallest absolute Gasteiger partial charge is 0.407 e. The van der Waals surface area contributed by atoms with Gasteiger partial charge in [0.2, 0.25) is 11.8 Å². The van der Waals surface area contributed by atoms with Crippen LogP contribution in [0.15, 0.2) is 48.7 Å². The van der Waals surface area contributed by atoms with Crippen molar-refractivity contribution in [2.24, 2.45) is 5.92 Å². The predicted molar refractivity (Wildman–Crippen MR) is 193 cm³/mol. The molecule has 14 nitrogen and oxygen atoms in total. The molecular weight excluding hydrogens is 743 g/mol. The number of alkyl carbamates (subject to hydrolysis) is 2. The molecule has 1 saturated heterocycles. The SMILES string of the molecule is COC(=O)NCC(=O)N1CCC[C@H]1c1nc2ccc(-c3ccc(C4=CNC(CN(CCI)C(=O)[C@@H](NC(=O)OC)C(C)C)N4)cc3)cc2[nH]1. The molecule has 5 N–H and O–H groups in total. The van der Waals surface area contributed by atoms with Gasteiger partial charge in [-0.25, -0.2) is 14.6 Å². The van der Waals surface area contributed by atoms with E-state index in [0.29, 0.717) is 19.6 Å². The molecule has 0 aliphatic carbocycles. The number of rotatable bonds is 12. The highest BCUT2D eigenvalue weighted by Crippen LogP contribution is 2.33. The Kier molecular flexibility index (Phi) is 11.9. The minimum absolute atomic E-state index is 0.104. The van der Waals surface area contributed by atoms with Crippen LogP contribution in [0.25, 0.3) is 27.9 Å². The molecule has 1 aromatic heterocycles. The number of alkyl halides is 1. The summed E-state index contributed by atoms with van der Waals surface area (Å²) in [5.41, 5.74) is 5.66. The van der Waals surface area contributed by atoms with Crippen molar-refractivity contribution >= 4 is 63.3 Å². The Balaban J connectivity index is 1.22. The van der Waals surface area contributed by atoms with Gasteiger partial charge in [0.15, 0.2) is 0 Å². The van der Waals surface area contributed by atoms with Gasteiger partial charge in [-0.2, -0.15) is 0 Å². The number of aromatic amines is 1. The molecule has 2 aliphatic heterocycles. The van der Waals surface area contributed by atoms with Gasteiger partial charge in [0.05, 0.1) is 43.5 Å². The number of fused-ring (bicyclic) bond motifs is 1. The molecule has 49 heavy (non-hydrogen) atoms. The number of carbonyl (C=O) groups is 4. The van der Waals surface area contributed by atoms with E-state index in [-0.39, 0.29) is 36.5 Å². The van der Waals surface area contributed by atoms with Crippen LogP contribution in [0.1, 0.15) is 44.1 Å². The zero-order chi connectivity index (χ0) is 35.1. The van der Waals surface area contributed by atoms with Gasteiger partial charge >= 0.3 is 12.2 Å². The fraction of sp³-hybridized carbons (Fsp3) is 0.441. The van der Waals surface area contributed by atoms with Crippen LogP contribution >= 0.6 is 22.6 Å². The normalized spacial score (nSPS) is 17.6. The van der Waals surface area contributed by atoms with E-state index >= 15 is 0 Å². The molecule has 0 spiro atoms. The molecule has 2 aliphatic rings. The van der Waals surface area contributed by atoms with Gasteiger partial charge in [-0.15, -0.1) is 0 Å². The first-order valence-corrected chi connectivity index (χ1v) is 17.8. The van der Waals surface area contributed by atoms with Crippen molar-refractivity contribution in [2.45, 2.75) is 44.9 Å². The van der Waals surface area contributed by atoms with Crippen molar-refractivity contribution < 1.29 is 28.7 Å². The largest absolute Gasteiger partial charge is 0.453 e. The average Bonchev–Trinajstić information content (AvgIpc) is 3.88. The first kappa shape index (κ1) is 35.8. The molecule has 15 heteroatoms. The Morgan fingerprint density at radius 2 is 1.76 bits per heavy atom. The maximum Gasteiger partial charge on any atom is 0.407 e. The van der Waals surface area contributed by atoms with E-state index in [4.69, 9.17) is 9.72 Å². The maximum absolute atomic E-state index is 13.4. The number of likely N-dealkylation sites (tertiary alicyclic amines) is 1. The van der Waals surface area contributed by atoms with Crippen molar-refractivity contribution in [1.29, 1.82) is 0 Å². The first-order chi connectivity index (χ1) is 23.6. The van der Waals surface area contributed by atoms with Gasteiger partial charge in [-0.3, -0.25) is 9.59 Å². The zero-order valence-electron chi connectivity index (χ0n) is 28.0. The molecule has 2 aromatic carbocycles. The van der Waals surface area contributed by atoms with Crippen LogP contribution in [0.4, 0.5) is 9.59 Å². The van der Waals surface area contributed by atoms with E-state index in [2.05, 4.69) is 71.8 Å². The van der Waals surface area contributed by atoms with Crippen LogP contribution in [-0.4, -0.2) is 101 Å². The average molecular weight is 787 g/mol. The van der Waals surface area contributed by atoms with Gasteiger partial charge in [-0.05, 0) is 47.6 Å². The molecule has 3 heterocycles. The van der Waals surface area contributed by atoms with Crippen molar-refractivity contribution in [3.05, 3.63) is 60.1 Å². The standard InChI is InChI=1S/C34H43IN8O6/c1-20(2)30(41-34(47)49-4)32(45)42(15-13-35)19-28-36-17-26(38-28)22-9-7-21(8-10-22)23-11-12-24-25(16-23)40-31(39-24)27-6-5-14-43(27)29(44)18-37-33(46)48-3/h7-12,16-17,20,27-28,30,36,38H,5-6,13-15,18-19H2,1-4H3,(H,37,46)(H,39,40)(H,41,47)/t27-,28?,30-/m0/s1. The molecule has 1 unspecified atom stereocenters. The van der Waals surface area contributed by atoms with Crippen molar-refractivity contribution in [1.82, 2.24) is 41.0 Å². The van der Waals surface area contributed by atoms with Crippen molar-refractivity contribution in [3.63, 3.8) is 0 Å². The number of methoxy groups -OCH3 is 2. The highest BCUT2D eigenvalue weighted by molar-refractivity contribution is 14.1. The summed E-state index contributed by atoms with van der Waals surface area (Å²) in [6.45, 7) is 5.22. The third kappa shape index (κ3) is 8.55. The van der Waals surface area contributed by atoms with Crippen LogP contribution in [0, 0.1) is 5.92 Å². The molecule has 3 atom stereocenters. The Morgan fingerprint density at radius 3 is 2.45 bits per heavy atom. The first-order valence-electron chi connectivity index (χ1n) is 16.3. The van der Waals surface area contributed by atoms with E-state index in [1.54, 1.807) is 9.80 Å². The quantitative estimate of drug-likeness (QED) is 0.136. The third-order valence-corrected chi connectivity index (χ3v) is 9.19. The van der Waals surface area contributed by atoms with E-state index in [9.17, 15) is 19.2 Å². The molecular formula is C34H43IN8O6. The highest BCUT2D eigenvalue weighted by atomic mass is 127. The number of imidazole rings is 1. The lowest BCUT2D eigenvalue weighted by molar-refractivity contribution is -0.134. The summed E-state index contributed by atoms with van der Waals surface area (Å²) in [6.07, 6.45) is 2.10. The lowest BCUT2D eigenvalue weighted by Gasteiger charge is -2.31. The summed E-state index contributed by atoms with van der Waals surface area (Å²) >= 11 is 2.25. The van der Waals surface area contributed by atoms with Crippen LogP contribution in [0.3, 0.4) is 0 Å². The Labute approximate surface area is 298 Å². The summed E-state index contributed by atoms with van der Waals surface area (Å²) in [5.74, 6) is 0.293. The number of H-pyrrole nitrogens is 1. The number of nitrogens with zero attached hydrogens (tertiary/aromatic N) is 3. The van der Waals surface area contributed by atoms with Crippen LogP contribution in [-0.2, 0) is 19.1 Å². The fourth-order valence-corrected chi connectivity index (χ4v) is 6.69. The van der Waals surface area contributed by atoms with Gasteiger partial charge in [-0.1, -0.05) is 66.8 Å². The number of hydrogen-bond acceptors (Lipinski definition) is 9. The lowest BCUT2D eigenvalue weighted by atomic mass is 10.0. The number of halogens is 1. The van der Waals surface area contributed by atoms with Crippen LogP contribution in [0.2, 0.25) is 0 Å². The second-order valence-corrected chi connectivity index (χ2v) is 13.4. The van der Waals surface area contributed by atoms with Gasteiger partial charge in [0.25, 0.3) is 0 Å². The lowest BCUT2D eigenvalue weighted by Crippen LogP contribution is -2.55. The van der Waals surface area contributed by atoms with Gasteiger partial charge in [0, 0.05) is 23.7 Å². The van der Waals surface area contributed by atoms with E-state index in [1.165, 1.54) is 14.2 Å². The summed E-state index contributed by atoms with van der Waals surface area (Å²) in [6, 6.07) is 13.4. The van der Waals surface area contributed by atoms with E-state index < -0.39 is 18.2 Å². The van der Waals surface area contributed by atoms with Gasteiger partial charge < -0.3 is 45.5 Å². The van der Waals surface area contributed by atoms with Crippen LogP contribution < -0.4 is 21.3 Å². The Morgan fingerprint density at radius 1 is 1.04 bits per heavy atom. The molecule has 3 aromatic rings. The molecule has 0 radical (unpaired) electrons. The minimum atomic E-state index is -0.687. The maximum atomic E-state index is 13.4. The molecule has 0 saturated carbocycles. The predicted octanol–water partition coefficient (Wildman–Crippen LogP) is 3.71. The highest BCUT2D eigenvalue weighted by Gasteiger charge is 2.33. The molecule has 0 bridgehead atoms. The Hall–Kier alpha value is -4.54. The number of carbonyl (C=O) groups excluding carboxylic acids is 4. The molecule has 262 valence electrons. The third-order valence-electron chi connectivity index (χ3n) is 8.71. The summed E-state index contributed by atoms with van der Waals surface area (Å²) in [5, 5.41) is 12.0. The number of benzene rings is 2. The van der Waals surface area contributed by atoms with E-state index in [0.717, 1.165) is 56.5 Å². The monoisotopic (exact) mass is 786 g/mol. The topological polar surface area (TPSA) is 170 Å². The summed E-state index contributed by atoms with van der Waals surface area (Å²) in [7, 11) is 2.55. The number of ether oxygens (including phenoxy) is 2. The summed E-state index contributed by atoms with van der Waals surface area (Å²) in [4.78, 5) is 61.3. The minimum Gasteiger partial charge on any atom is -0.453 e. The van der Waals surface area contributed by atoms with Crippen molar-refractivity contribution in [2.75, 3.05) is 44.8 Å². The van der Waals surface area contributed by atoms with E-state index in [1.807, 2.05) is 44.3 Å². The fourth-order valence-electron chi connectivity index (χ4n) is 6.11. The molecule has 4 amide bonds. The zero-order valence-corrected chi connectivity index (χ0v) is 30.2.